The minimum Gasteiger partial charge on any atom is -0.382 e. The lowest BCUT2D eigenvalue weighted by atomic mass is 10.4. The zero-order chi connectivity index (χ0) is 14.0. The molecule has 0 aliphatic rings. The zero-order valence-corrected chi connectivity index (χ0v) is 11.2. The first-order valence-electron chi connectivity index (χ1n) is 5.51. The van der Waals surface area contributed by atoms with Crippen LogP contribution >= 0.6 is 11.8 Å². The van der Waals surface area contributed by atoms with Crippen molar-refractivity contribution in [2.75, 3.05) is 0 Å². The lowest BCUT2D eigenvalue weighted by Gasteiger charge is -2.09. The van der Waals surface area contributed by atoms with E-state index in [1.165, 1.54) is 17.0 Å². The van der Waals surface area contributed by atoms with E-state index in [2.05, 4.69) is 20.2 Å². The number of rotatable bonds is 4. The van der Waals surface area contributed by atoms with Gasteiger partial charge in [0.15, 0.2) is 5.16 Å². The van der Waals surface area contributed by atoms with Crippen LogP contribution in [0.5, 0.6) is 0 Å². The van der Waals surface area contributed by atoms with Gasteiger partial charge in [-0.15, -0.1) is 5.10 Å². The Morgan fingerprint density at radius 3 is 2.79 bits per heavy atom. The second-order valence-corrected chi connectivity index (χ2v) is 4.96. The number of nitrogens with one attached hydrogen (secondary N) is 2. The number of amidine groups is 1. The molecule has 0 atom stereocenters. The van der Waals surface area contributed by atoms with Gasteiger partial charge in [-0.1, -0.05) is 0 Å². The highest BCUT2D eigenvalue weighted by molar-refractivity contribution is 7.99. The lowest BCUT2D eigenvalue weighted by Crippen LogP contribution is -2.19. The van der Waals surface area contributed by atoms with Crippen LogP contribution in [-0.2, 0) is 0 Å². The summed E-state index contributed by atoms with van der Waals surface area (Å²) in [7, 11) is 0. The second kappa shape index (κ2) is 5.22. The lowest BCUT2D eigenvalue weighted by molar-refractivity contribution is 0.534. The van der Waals surface area contributed by atoms with Crippen molar-refractivity contribution in [2.24, 2.45) is 5.73 Å². The van der Waals surface area contributed by atoms with Crippen LogP contribution in [0.25, 0.3) is 0 Å². The molecule has 0 aliphatic heterocycles. The third-order valence-corrected chi connectivity index (χ3v) is 3.26. The summed E-state index contributed by atoms with van der Waals surface area (Å²) in [4.78, 5) is 19.7. The molecule has 0 saturated heterocycles. The molecule has 9 heteroatoms. The van der Waals surface area contributed by atoms with Crippen molar-refractivity contribution < 1.29 is 0 Å². The molecule has 0 saturated carbocycles. The number of hydrogen-bond acceptors (Lipinski definition) is 6. The van der Waals surface area contributed by atoms with Crippen molar-refractivity contribution in [1.82, 2.24) is 24.7 Å². The van der Waals surface area contributed by atoms with Gasteiger partial charge in [-0.05, 0) is 25.6 Å². The highest BCUT2D eigenvalue weighted by atomic mass is 32.2. The summed E-state index contributed by atoms with van der Waals surface area (Å²) in [5.41, 5.74) is 5.43. The monoisotopic (exact) mass is 279 g/mol. The molecule has 4 N–H and O–H groups in total. The first kappa shape index (κ1) is 13.3. The maximum atomic E-state index is 11.6. The second-order valence-electron chi connectivity index (χ2n) is 4.00. The number of H-pyrrole nitrogens is 1. The summed E-state index contributed by atoms with van der Waals surface area (Å²) < 4.78 is 1.50. The molecule has 0 radical (unpaired) electrons. The van der Waals surface area contributed by atoms with Crippen LogP contribution in [0.4, 0.5) is 0 Å². The van der Waals surface area contributed by atoms with Gasteiger partial charge in [0, 0.05) is 18.4 Å². The van der Waals surface area contributed by atoms with Crippen molar-refractivity contribution >= 4 is 17.6 Å². The molecule has 2 aromatic heterocycles. The molecule has 0 spiro atoms. The van der Waals surface area contributed by atoms with Gasteiger partial charge >= 0.3 is 5.69 Å². The summed E-state index contributed by atoms with van der Waals surface area (Å²) >= 11 is 1.14. The molecule has 0 unspecified atom stereocenters. The Bertz CT molecular complexity index is 660. The highest BCUT2D eigenvalue weighted by Crippen LogP contribution is 2.26. The molecule has 0 fully saturated rings. The first-order valence-corrected chi connectivity index (χ1v) is 6.32. The van der Waals surface area contributed by atoms with E-state index in [1.54, 1.807) is 0 Å². The van der Waals surface area contributed by atoms with E-state index in [9.17, 15) is 4.79 Å². The van der Waals surface area contributed by atoms with E-state index in [0.717, 1.165) is 11.8 Å². The summed E-state index contributed by atoms with van der Waals surface area (Å²) in [6.07, 6.45) is 2.96. The van der Waals surface area contributed by atoms with Crippen molar-refractivity contribution in [3.8, 4) is 0 Å². The minimum atomic E-state index is -0.286. The normalized spacial score (nSPS) is 10.9. The standard InChI is InChI=1S/C10H13N7OS/c1-5(2)17-9(18)15-16-10(17)19-8-6(7(11)12)13-3-4-14-8/h3-5H,1-2H3,(H3,11,12)(H,15,18). The fourth-order valence-electron chi connectivity index (χ4n) is 1.49. The Morgan fingerprint density at radius 2 is 2.16 bits per heavy atom. The van der Waals surface area contributed by atoms with Crippen molar-refractivity contribution in [1.29, 1.82) is 5.41 Å². The van der Waals surface area contributed by atoms with Crippen LogP contribution < -0.4 is 11.4 Å². The summed E-state index contributed by atoms with van der Waals surface area (Å²) in [5.74, 6) is -0.176. The predicted molar refractivity (Wildman–Crippen MR) is 70.4 cm³/mol. The maximum Gasteiger partial charge on any atom is 0.344 e. The Morgan fingerprint density at radius 1 is 1.47 bits per heavy atom. The fraction of sp³-hybridized carbons (Fsp3) is 0.300. The van der Waals surface area contributed by atoms with Gasteiger partial charge in [0.1, 0.15) is 16.6 Å². The van der Waals surface area contributed by atoms with Crippen LogP contribution in [0.3, 0.4) is 0 Å². The van der Waals surface area contributed by atoms with Gasteiger partial charge in [0.2, 0.25) is 0 Å². The average molecular weight is 279 g/mol. The van der Waals surface area contributed by atoms with Crippen LogP contribution in [0.15, 0.2) is 27.4 Å². The topological polar surface area (TPSA) is 126 Å². The Kier molecular flexibility index (Phi) is 3.65. The highest BCUT2D eigenvalue weighted by Gasteiger charge is 2.16. The van der Waals surface area contributed by atoms with Gasteiger partial charge in [-0.3, -0.25) is 9.98 Å². The summed E-state index contributed by atoms with van der Waals surface area (Å²) in [6, 6.07) is -0.0359. The van der Waals surface area contributed by atoms with Crippen molar-refractivity contribution in [2.45, 2.75) is 30.1 Å². The largest absolute Gasteiger partial charge is 0.382 e. The molecule has 0 aliphatic carbocycles. The molecular formula is C10H13N7OS. The molecule has 0 amide bonds. The molecular weight excluding hydrogens is 266 g/mol. The fourth-order valence-corrected chi connectivity index (χ4v) is 2.52. The van der Waals surface area contributed by atoms with Crippen LogP contribution in [0.1, 0.15) is 25.6 Å². The van der Waals surface area contributed by atoms with E-state index in [0.29, 0.717) is 10.2 Å². The third-order valence-electron chi connectivity index (χ3n) is 2.30. The van der Waals surface area contributed by atoms with Gasteiger partial charge in [0.05, 0.1) is 0 Å². The van der Waals surface area contributed by atoms with E-state index in [1.807, 2.05) is 13.8 Å². The van der Waals surface area contributed by atoms with E-state index in [4.69, 9.17) is 11.1 Å². The molecule has 19 heavy (non-hydrogen) atoms. The number of nitrogens with two attached hydrogens (primary N) is 1. The van der Waals surface area contributed by atoms with Gasteiger partial charge in [0.25, 0.3) is 0 Å². The van der Waals surface area contributed by atoms with E-state index >= 15 is 0 Å². The number of aromatic nitrogens is 5. The molecule has 2 rings (SSSR count). The average Bonchev–Trinajstić information content (AvgIpc) is 2.71. The van der Waals surface area contributed by atoms with Crippen LogP contribution in [0, 0.1) is 5.41 Å². The van der Waals surface area contributed by atoms with Crippen LogP contribution in [-0.4, -0.2) is 30.6 Å². The predicted octanol–water partition coefficient (Wildman–Crippen LogP) is 0.378. The zero-order valence-electron chi connectivity index (χ0n) is 10.4. The Labute approximate surface area is 113 Å². The molecule has 0 bridgehead atoms. The van der Waals surface area contributed by atoms with Crippen molar-refractivity contribution in [3.05, 3.63) is 28.6 Å². The first-order chi connectivity index (χ1) is 9.00. The molecule has 2 heterocycles. The van der Waals surface area contributed by atoms with Gasteiger partial charge < -0.3 is 5.73 Å². The molecule has 0 aromatic carbocycles. The number of nitrogens with zero attached hydrogens (tertiary/aromatic N) is 4. The summed E-state index contributed by atoms with van der Waals surface area (Å²) in [5, 5.41) is 14.7. The number of hydrogen-bond donors (Lipinski definition) is 3. The smallest absolute Gasteiger partial charge is 0.344 e. The summed E-state index contributed by atoms with van der Waals surface area (Å²) in [6.45, 7) is 3.76. The van der Waals surface area contributed by atoms with Gasteiger partial charge in [-0.25, -0.2) is 19.9 Å². The SMILES string of the molecule is CC(C)n1c(Sc2nccnc2C(=N)N)n[nH]c1=O. The van der Waals surface area contributed by atoms with Gasteiger partial charge in [-0.2, -0.15) is 0 Å². The Balaban J connectivity index is 2.43. The Hall–Kier alpha value is -2.16. The molecule has 2 aromatic rings. The minimum absolute atomic E-state index is 0.0359. The number of aromatic amines is 1. The van der Waals surface area contributed by atoms with E-state index in [-0.39, 0.29) is 23.3 Å². The third kappa shape index (κ3) is 2.65. The quantitative estimate of drug-likeness (QED) is 0.548. The number of nitrogen functional groups attached to an aromatic ring is 1. The van der Waals surface area contributed by atoms with E-state index < -0.39 is 0 Å². The van der Waals surface area contributed by atoms with Crippen molar-refractivity contribution in [3.63, 3.8) is 0 Å². The molecule has 8 nitrogen and oxygen atoms in total. The maximum absolute atomic E-state index is 11.6. The van der Waals surface area contributed by atoms with Crippen LogP contribution in [0.2, 0.25) is 0 Å². The molecule has 100 valence electrons.